The van der Waals surface area contributed by atoms with Crippen LogP contribution < -0.4 is 5.32 Å². The van der Waals surface area contributed by atoms with Gasteiger partial charge in [0.05, 0.1) is 25.4 Å². The molecule has 9 nitrogen and oxygen atoms in total. The average molecular weight is 924 g/mol. The largest absolute Gasteiger partial charge is 0.394 e. The van der Waals surface area contributed by atoms with Crippen molar-refractivity contribution in [3.05, 3.63) is 12.2 Å². The van der Waals surface area contributed by atoms with Gasteiger partial charge in [0, 0.05) is 6.42 Å². The number of rotatable bonds is 49. The van der Waals surface area contributed by atoms with E-state index in [1.54, 1.807) is 6.08 Å². The maximum Gasteiger partial charge on any atom is 0.220 e. The van der Waals surface area contributed by atoms with Crippen LogP contribution in [0.15, 0.2) is 12.2 Å². The zero-order valence-corrected chi connectivity index (χ0v) is 42.8. The van der Waals surface area contributed by atoms with Gasteiger partial charge in [-0.05, 0) is 19.3 Å². The summed E-state index contributed by atoms with van der Waals surface area (Å²) < 4.78 is 11.2. The molecule has 0 aliphatic carbocycles. The number of carbonyl (C=O) groups excluding carboxylic acids is 1. The number of carbonyl (C=O) groups is 1. The molecule has 1 amide bonds. The molecule has 1 heterocycles. The van der Waals surface area contributed by atoms with Gasteiger partial charge in [-0.1, -0.05) is 270 Å². The van der Waals surface area contributed by atoms with Crippen LogP contribution >= 0.6 is 0 Å². The Labute approximate surface area is 401 Å². The molecule has 9 heteroatoms. The van der Waals surface area contributed by atoms with Crippen LogP contribution in [0, 0.1) is 0 Å². The monoisotopic (exact) mass is 924 g/mol. The first-order valence-electron chi connectivity index (χ1n) is 28.4. The first-order chi connectivity index (χ1) is 31.8. The van der Waals surface area contributed by atoms with E-state index in [-0.39, 0.29) is 12.5 Å². The van der Waals surface area contributed by atoms with Crippen molar-refractivity contribution in [1.29, 1.82) is 0 Å². The molecule has 1 fully saturated rings. The summed E-state index contributed by atoms with van der Waals surface area (Å²) in [7, 11) is 0. The van der Waals surface area contributed by atoms with Crippen molar-refractivity contribution >= 4 is 5.91 Å². The third-order valence-corrected chi connectivity index (χ3v) is 13.9. The normalized spacial score (nSPS) is 19.9. The molecular weight excluding hydrogens is 815 g/mol. The number of amides is 1. The van der Waals surface area contributed by atoms with Gasteiger partial charge >= 0.3 is 0 Å². The maximum absolute atomic E-state index is 12.9. The Balaban J connectivity index is 1.98. The zero-order chi connectivity index (χ0) is 47.3. The van der Waals surface area contributed by atoms with E-state index in [1.165, 1.54) is 225 Å². The van der Waals surface area contributed by atoms with Gasteiger partial charge in [-0.3, -0.25) is 4.79 Å². The number of aliphatic hydroxyl groups is 5. The number of aliphatic hydroxyl groups excluding tert-OH is 5. The highest BCUT2D eigenvalue weighted by atomic mass is 16.7. The molecule has 0 saturated carbocycles. The van der Waals surface area contributed by atoms with E-state index < -0.39 is 49.5 Å². The second kappa shape index (κ2) is 46.6. The van der Waals surface area contributed by atoms with Crippen molar-refractivity contribution in [1.82, 2.24) is 5.32 Å². The fraction of sp³-hybridized carbons (Fsp3) is 0.946. The fourth-order valence-corrected chi connectivity index (χ4v) is 9.34. The molecule has 7 unspecified atom stereocenters. The van der Waals surface area contributed by atoms with Crippen molar-refractivity contribution in [3.8, 4) is 0 Å². The van der Waals surface area contributed by atoms with E-state index in [0.29, 0.717) is 6.42 Å². The van der Waals surface area contributed by atoms with Crippen LogP contribution in [-0.2, 0) is 14.3 Å². The lowest BCUT2D eigenvalue weighted by Gasteiger charge is -2.40. The molecule has 0 radical (unpaired) electrons. The Morgan fingerprint density at radius 2 is 0.846 bits per heavy atom. The van der Waals surface area contributed by atoms with E-state index in [2.05, 4.69) is 19.2 Å². The third-order valence-electron chi connectivity index (χ3n) is 13.9. The Bertz CT molecular complexity index is 1030. The molecule has 1 aliphatic rings. The van der Waals surface area contributed by atoms with Crippen molar-refractivity contribution in [3.63, 3.8) is 0 Å². The summed E-state index contributed by atoms with van der Waals surface area (Å²) in [5, 5.41) is 54.0. The Kier molecular flexibility index (Phi) is 44.5. The van der Waals surface area contributed by atoms with Gasteiger partial charge in [0.15, 0.2) is 6.29 Å². The van der Waals surface area contributed by atoms with Crippen LogP contribution in [0.3, 0.4) is 0 Å². The minimum Gasteiger partial charge on any atom is -0.394 e. The van der Waals surface area contributed by atoms with Crippen LogP contribution in [0.25, 0.3) is 0 Å². The van der Waals surface area contributed by atoms with Gasteiger partial charge < -0.3 is 40.3 Å². The number of ether oxygens (including phenoxy) is 2. The molecule has 1 rings (SSSR count). The Hall–Kier alpha value is -1.07. The van der Waals surface area contributed by atoms with E-state index in [1.807, 2.05) is 6.08 Å². The lowest BCUT2D eigenvalue weighted by Crippen LogP contribution is -2.60. The van der Waals surface area contributed by atoms with Gasteiger partial charge in [0.25, 0.3) is 0 Å². The summed E-state index contributed by atoms with van der Waals surface area (Å²) in [6, 6.07) is -0.797. The lowest BCUT2D eigenvalue weighted by atomic mass is 9.99. The van der Waals surface area contributed by atoms with Crippen LogP contribution in [0.2, 0.25) is 0 Å². The van der Waals surface area contributed by atoms with Crippen molar-refractivity contribution in [2.75, 3.05) is 13.2 Å². The highest BCUT2D eigenvalue weighted by Crippen LogP contribution is 2.23. The first kappa shape index (κ1) is 61.9. The highest BCUT2D eigenvalue weighted by Gasteiger charge is 2.44. The van der Waals surface area contributed by atoms with Crippen LogP contribution in [0.4, 0.5) is 0 Å². The zero-order valence-electron chi connectivity index (χ0n) is 42.8. The summed E-state index contributed by atoms with van der Waals surface area (Å²) in [5.41, 5.74) is 0. The topological polar surface area (TPSA) is 149 Å². The standard InChI is InChI=1S/C56H109NO8/c1-3-5-7-9-11-12-13-14-15-16-17-18-19-20-21-22-23-24-25-26-27-28-29-30-31-32-33-34-35-36-37-38-40-42-44-46-52(60)57-49(50(59)45-43-41-39-10-8-6-4-2)48-64-56-55(63)54(62)53(61)51(47-58)65-56/h43,45,49-51,53-56,58-59,61-63H,3-42,44,46-48H2,1-2H3,(H,57,60)/b45-43+. The SMILES string of the molecule is CCCCCCC/C=C/C(O)C(COC1OC(CO)C(O)C(O)C1O)NC(=O)CCCCCCCCCCCCCCCCCCCCCCCCCCCCCCCCCCCCC. The van der Waals surface area contributed by atoms with Gasteiger partial charge in [-0.25, -0.2) is 0 Å². The predicted molar refractivity (Wildman–Crippen MR) is 272 cm³/mol. The molecule has 0 spiro atoms. The van der Waals surface area contributed by atoms with Crippen molar-refractivity contribution < 1.29 is 39.8 Å². The highest BCUT2D eigenvalue weighted by molar-refractivity contribution is 5.76. The quantitative estimate of drug-likeness (QED) is 0.0261. The van der Waals surface area contributed by atoms with Crippen LogP contribution in [-0.4, -0.2) is 87.5 Å². The second-order valence-corrected chi connectivity index (χ2v) is 20.1. The number of hydrogen-bond donors (Lipinski definition) is 6. The summed E-state index contributed by atoms with van der Waals surface area (Å²) in [5.74, 6) is -0.176. The van der Waals surface area contributed by atoms with Gasteiger partial charge in [0.2, 0.25) is 5.91 Å². The van der Waals surface area contributed by atoms with Crippen LogP contribution in [0.1, 0.15) is 284 Å². The van der Waals surface area contributed by atoms with E-state index in [0.717, 1.165) is 38.5 Å². The third kappa shape index (κ3) is 36.6. The molecule has 386 valence electrons. The number of hydrogen-bond acceptors (Lipinski definition) is 8. The summed E-state index contributed by atoms with van der Waals surface area (Å²) >= 11 is 0. The smallest absolute Gasteiger partial charge is 0.220 e. The van der Waals surface area contributed by atoms with E-state index >= 15 is 0 Å². The molecule has 0 aromatic rings. The van der Waals surface area contributed by atoms with Crippen LogP contribution in [0.5, 0.6) is 0 Å². The summed E-state index contributed by atoms with van der Waals surface area (Å²) in [6.45, 7) is 3.74. The fourth-order valence-electron chi connectivity index (χ4n) is 9.34. The molecule has 0 bridgehead atoms. The van der Waals surface area contributed by atoms with E-state index in [4.69, 9.17) is 9.47 Å². The maximum atomic E-state index is 12.9. The molecule has 0 aromatic carbocycles. The van der Waals surface area contributed by atoms with Gasteiger partial charge in [-0.2, -0.15) is 0 Å². The lowest BCUT2D eigenvalue weighted by molar-refractivity contribution is -0.302. The molecule has 1 saturated heterocycles. The van der Waals surface area contributed by atoms with Gasteiger partial charge in [0.1, 0.15) is 24.4 Å². The molecule has 0 aromatic heterocycles. The summed E-state index contributed by atoms with van der Waals surface area (Å²) in [6.07, 6.45) is 50.6. The van der Waals surface area contributed by atoms with Gasteiger partial charge in [-0.15, -0.1) is 0 Å². The molecular formula is C56H109NO8. The molecule has 7 atom stereocenters. The second-order valence-electron chi connectivity index (χ2n) is 20.1. The Morgan fingerprint density at radius 3 is 1.20 bits per heavy atom. The summed E-state index contributed by atoms with van der Waals surface area (Å²) in [4.78, 5) is 12.9. The molecule has 1 aliphatic heterocycles. The number of allylic oxidation sites excluding steroid dienone is 1. The minimum atomic E-state index is -1.56. The van der Waals surface area contributed by atoms with Crippen molar-refractivity contribution in [2.24, 2.45) is 0 Å². The molecule has 65 heavy (non-hydrogen) atoms. The van der Waals surface area contributed by atoms with Crippen molar-refractivity contribution in [2.45, 2.75) is 326 Å². The number of nitrogens with one attached hydrogen (secondary N) is 1. The van der Waals surface area contributed by atoms with E-state index in [9.17, 15) is 30.3 Å². The Morgan fingerprint density at radius 1 is 0.508 bits per heavy atom. The first-order valence-corrected chi connectivity index (χ1v) is 28.4. The predicted octanol–water partition coefficient (Wildman–Crippen LogP) is 13.6. The average Bonchev–Trinajstić information content (AvgIpc) is 3.31. The minimum absolute atomic E-state index is 0.176. The number of unbranched alkanes of at least 4 members (excludes halogenated alkanes) is 39. The molecule has 6 N–H and O–H groups in total.